The summed E-state index contributed by atoms with van der Waals surface area (Å²) in [6, 6.07) is 13.4. The average molecular weight is 439 g/mol. The van der Waals surface area contributed by atoms with Crippen molar-refractivity contribution >= 4 is 11.9 Å². The first-order valence-corrected chi connectivity index (χ1v) is 10.6. The second-order valence-electron chi connectivity index (χ2n) is 7.86. The average Bonchev–Trinajstić information content (AvgIpc) is 2.82. The molecule has 0 heterocycles. The van der Waals surface area contributed by atoms with Crippen molar-refractivity contribution in [1.82, 2.24) is 16.0 Å². The molecule has 168 valence electrons. The van der Waals surface area contributed by atoms with Gasteiger partial charge < -0.3 is 20.7 Å². The van der Waals surface area contributed by atoms with Crippen LogP contribution >= 0.6 is 0 Å². The minimum Gasteiger partial charge on any atom is -0.497 e. The summed E-state index contributed by atoms with van der Waals surface area (Å²) < 4.78 is 19.1. The van der Waals surface area contributed by atoms with Crippen molar-refractivity contribution in [2.24, 2.45) is 5.92 Å². The van der Waals surface area contributed by atoms with E-state index in [0.717, 1.165) is 17.4 Å². The van der Waals surface area contributed by atoms with Crippen LogP contribution in [0, 0.1) is 23.1 Å². The van der Waals surface area contributed by atoms with Crippen molar-refractivity contribution in [3.8, 4) is 11.8 Å². The van der Waals surface area contributed by atoms with Gasteiger partial charge in [0.1, 0.15) is 11.6 Å². The van der Waals surface area contributed by atoms with Crippen LogP contribution in [0.2, 0.25) is 0 Å². The molecule has 2 aromatic carbocycles. The van der Waals surface area contributed by atoms with Gasteiger partial charge in [-0.3, -0.25) is 4.79 Å². The molecule has 1 aliphatic carbocycles. The third-order valence-corrected chi connectivity index (χ3v) is 5.68. The van der Waals surface area contributed by atoms with E-state index in [4.69, 9.17) is 10.00 Å². The van der Waals surface area contributed by atoms with E-state index in [-0.39, 0.29) is 36.0 Å². The summed E-state index contributed by atoms with van der Waals surface area (Å²) in [6.45, 7) is 0.502. The van der Waals surface area contributed by atoms with Crippen molar-refractivity contribution in [2.75, 3.05) is 7.11 Å². The maximum atomic E-state index is 14.0. The first kappa shape index (κ1) is 23.1. The van der Waals surface area contributed by atoms with Gasteiger partial charge in [-0.2, -0.15) is 5.26 Å². The molecule has 0 aromatic heterocycles. The van der Waals surface area contributed by atoms with Crippen molar-refractivity contribution in [1.29, 1.82) is 5.26 Å². The van der Waals surface area contributed by atoms with Gasteiger partial charge in [-0.15, -0.1) is 0 Å². The number of nitriles is 1. The highest BCUT2D eigenvalue weighted by Crippen LogP contribution is 2.24. The molecule has 3 amide bonds. The number of carbonyl (C=O) groups excluding carboxylic acids is 2. The summed E-state index contributed by atoms with van der Waals surface area (Å²) >= 11 is 0. The highest BCUT2D eigenvalue weighted by Gasteiger charge is 2.27. The molecule has 1 saturated carbocycles. The summed E-state index contributed by atoms with van der Waals surface area (Å²) in [5, 5.41) is 17.4. The van der Waals surface area contributed by atoms with E-state index in [1.165, 1.54) is 12.1 Å². The molecule has 0 bridgehead atoms. The van der Waals surface area contributed by atoms with Crippen molar-refractivity contribution in [2.45, 2.75) is 44.8 Å². The highest BCUT2D eigenvalue weighted by molar-refractivity contribution is 5.79. The molecule has 1 fully saturated rings. The summed E-state index contributed by atoms with van der Waals surface area (Å²) in [5.41, 5.74) is 1.57. The van der Waals surface area contributed by atoms with Gasteiger partial charge in [-0.25, -0.2) is 9.18 Å². The van der Waals surface area contributed by atoms with Crippen molar-refractivity contribution in [3.05, 3.63) is 65.0 Å². The zero-order valence-electron chi connectivity index (χ0n) is 18.0. The molecule has 3 rings (SSSR count). The molecule has 0 spiro atoms. The number of halogens is 1. The number of hydrogen-bond acceptors (Lipinski definition) is 4. The second kappa shape index (κ2) is 11.1. The van der Waals surface area contributed by atoms with Crippen LogP contribution in [0.3, 0.4) is 0 Å². The summed E-state index contributed by atoms with van der Waals surface area (Å²) in [7, 11) is 1.61. The van der Waals surface area contributed by atoms with E-state index in [1.54, 1.807) is 7.11 Å². The lowest BCUT2D eigenvalue weighted by atomic mass is 9.85. The molecule has 0 saturated heterocycles. The number of nitrogens with one attached hydrogen (secondary N) is 3. The Bertz CT molecular complexity index is 980. The lowest BCUT2D eigenvalue weighted by molar-refractivity contribution is -0.126. The lowest BCUT2D eigenvalue weighted by Crippen LogP contribution is -2.44. The maximum Gasteiger partial charge on any atom is 0.315 e. The lowest BCUT2D eigenvalue weighted by Gasteiger charge is -2.28. The zero-order chi connectivity index (χ0) is 22.9. The fraction of sp³-hybridized carbons (Fsp3) is 0.375. The summed E-state index contributed by atoms with van der Waals surface area (Å²) in [4.78, 5) is 24.6. The molecule has 7 nitrogen and oxygen atoms in total. The molecule has 3 N–H and O–H groups in total. The number of hydrogen-bond donors (Lipinski definition) is 3. The molecule has 0 atom stereocenters. The van der Waals surface area contributed by atoms with Gasteiger partial charge in [0.15, 0.2) is 0 Å². The Kier molecular flexibility index (Phi) is 8.03. The van der Waals surface area contributed by atoms with E-state index in [0.29, 0.717) is 37.8 Å². The van der Waals surface area contributed by atoms with E-state index < -0.39 is 5.82 Å². The highest BCUT2D eigenvalue weighted by atomic mass is 19.1. The fourth-order valence-corrected chi connectivity index (χ4v) is 3.75. The largest absolute Gasteiger partial charge is 0.497 e. The Morgan fingerprint density at radius 2 is 1.78 bits per heavy atom. The third-order valence-electron chi connectivity index (χ3n) is 5.68. The van der Waals surface area contributed by atoms with Crippen LogP contribution in [0.4, 0.5) is 9.18 Å². The van der Waals surface area contributed by atoms with Gasteiger partial charge in [0.25, 0.3) is 0 Å². The van der Waals surface area contributed by atoms with E-state index in [1.807, 2.05) is 30.3 Å². The number of amides is 3. The first-order chi connectivity index (χ1) is 15.5. The molecule has 8 heteroatoms. The molecular weight excluding hydrogens is 411 g/mol. The Morgan fingerprint density at radius 1 is 1.06 bits per heavy atom. The quantitative estimate of drug-likeness (QED) is 0.617. The number of benzene rings is 2. The predicted octanol–water partition coefficient (Wildman–Crippen LogP) is 3.38. The van der Waals surface area contributed by atoms with Crippen LogP contribution in [-0.2, 0) is 17.9 Å². The molecule has 0 aliphatic heterocycles. The number of carbonyl (C=O) groups is 2. The summed E-state index contributed by atoms with van der Waals surface area (Å²) in [5.74, 6) is -0.00744. The monoisotopic (exact) mass is 438 g/mol. The Balaban J connectivity index is 1.37. The first-order valence-electron chi connectivity index (χ1n) is 10.6. The Labute approximate surface area is 187 Å². The van der Waals surface area contributed by atoms with Crippen LogP contribution in [0.1, 0.15) is 42.4 Å². The zero-order valence-corrected chi connectivity index (χ0v) is 18.0. The number of methoxy groups -OCH3 is 1. The smallest absolute Gasteiger partial charge is 0.315 e. The minimum absolute atomic E-state index is 0.0193. The predicted molar refractivity (Wildman–Crippen MR) is 117 cm³/mol. The molecule has 1 aliphatic rings. The normalized spacial score (nSPS) is 17.7. The number of nitrogens with zero attached hydrogens (tertiary/aromatic N) is 1. The van der Waals surface area contributed by atoms with Crippen LogP contribution in [0.5, 0.6) is 5.75 Å². The van der Waals surface area contributed by atoms with Crippen LogP contribution in [0.15, 0.2) is 42.5 Å². The Morgan fingerprint density at radius 3 is 2.41 bits per heavy atom. The number of ether oxygens (including phenoxy) is 1. The van der Waals surface area contributed by atoms with E-state index in [9.17, 15) is 14.0 Å². The fourth-order valence-electron chi connectivity index (χ4n) is 3.75. The van der Waals surface area contributed by atoms with Crippen LogP contribution in [0.25, 0.3) is 0 Å². The van der Waals surface area contributed by atoms with E-state index >= 15 is 0 Å². The second-order valence-corrected chi connectivity index (χ2v) is 7.86. The SMILES string of the molecule is COc1ccc(CNC(=O)NC2CCC(C(=O)NCc3ccc(C#N)cc3F)CC2)cc1. The Hall–Kier alpha value is -3.60. The summed E-state index contributed by atoms with van der Waals surface area (Å²) in [6.07, 6.45) is 2.73. The minimum atomic E-state index is -0.502. The molecular formula is C24H27FN4O3. The van der Waals surface area contributed by atoms with Crippen molar-refractivity contribution in [3.63, 3.8) is 0 Å². The van der Waals surface area contributed by atoms with Crippen LogP contribution in [-0.4, -0.2) is 25.1 Å². The molecule has 32 heavy (non-hydrogen) atoms. The van der Waals surface area contributed by atoms with Gasteiger partial charge in [-0.05, 0) is 55.5 Å². The topological polar surface area (TPSA) is 103 Å². The van der Waals surface area contributed by atoms with E-state index in [2.05, 4.69) is 16.0 Å². The number of rotatable bonds is 7. The van der Waals surface area contributed by atoms with Gasteiger partial charge in [-0.1, -0.05) is 18.2 Å². The van der Waals surface area contributed by atoms with Crippen molar-refractivity contribution < 1.29 is 18.7 Å². The van der Waals surface area contributed by atoms with Crippen LogP contribution < -0.4 is 20.7 Å². The molecule has 2 aromatic rings. The molecule has 0 radical (unpaired) electrons. The maximum absolute atomic E-state index is 14.0. The molecule has 0 unspecified atom stereocenters. The standard InChI is InChI=1S/C24H27FN4O3/c1-32-21-10-3-16(4-11-21)14-28-24(31)29-20-8-6-18(7-9-20)23(30)27-15-19-5-2-17(13-26)12-22(19)25/h2-5,10-12,18,20H,6-9,14-15H2,1H3,(H,27,30)(H2,28,29,31). The number of urea groups is 1. The third kappa shape index (κ3) is 6.45. The van der Waals surface area contributed by atoms with Gasteiger partial charge in [0.05, 0.1) is 18.7 Å². The van der Waals surface area contributed by atoms with Gasteiger partial charge >= 0.3 is 6.03 Å². The van der Waals surface area contributed by atoms with Gasteiger partial charge in [0, 0.05) is 30.6 Å². The van der Waals surface area contributed by atoms with Gasteiger partial charge in [0.2, 0.25) is 5.91 Å².